The summed E-state index contributed by atoms with van der Waals surface area (Å²) in [6.07, 6.45) is 5.25. The number of hydrogen-bond acceptors (Lipinski definition) is 3. The lowest BCUT2D eigenvalue weighted by Gasteiger charge is -2.32. The minimum atomic E-state index is -0.351. The molecular weight excluding hydrogens is 321 g/mol. The van der Waals surface area contributed by atoms with Gasteiger partial charge < -0.3 is 15.0 Å². The molecule has 25 heavy (non-hydrogen) atoms. The Morgan fingerprint density at radius 1 is 1.16 bits per heavy atom. The molecule has 6 heteroatoms. The SMILES string of the molecule is COC1CCN(C(=O)N[C@@H](c2ccncc2)c2ccc(F)cc2)CC1. The molecule has 1 aliphatic rings. The molecule has 132 valence electrons. The average Bonchev–Trinajstić information content (AvgIpc) is 2.67. The van der Waals surface area contributed by atoms with Gasteiger partial charge in [0.15, 0.2) is 0 Å². The minimum Gasteiger partial charge on any atom is -0.381 e. The summed E-state index contributed by atoms with van der Waals surface area (Å²) in [6.45, 7) is 1.33. The third kappa shape index (κ3) is 4.33. The number of aromatic nitrogens is 1. The highest BCUT2D eigenvalue weighted by atomic mass is 19.1. The molecule has 2 heterocycles. The van der Waals surface area contributed by atoms with E-state index >= 15 is 0 Å². The molecule has 0 radical (unpaired) electrons. The van der Waals surface area contributed by atoms with E-state index in [-0.39, 0.29) is 24.0 Å². The van der Waals surface area contributed by atoms with E-state index in [0.717, 1.165) is 24.0 Å². The van der Waals surface area contributed by atoms with Gasteiger partial charge in [0.2, 0.25) is 0 Å². The molecule has 5 nitrogen and oxygen atoms in total. The number of pyridine rings is 1. The maximum atomic E-state index is 13.3. The average molecular weight is 343 g/mol. The number of piperidine rings is 1. The molecule has 1 N–H and O–H groups in total. The predicted molar refractivity (Wildman–Crippen MR) is 92.6 cm³/mol. The Bertz CT molecular complexity index is 686. The number of halogens is 1. The third-order valence-electron chi connectivity index (χ3n) is 4.57. The van der Waals surface area contributed by atoms with Crippen molar-refractivity contribution in [3.8, 4) is 0 Å². The number of amides is 2. The number of benzene rings is 1. The van der Waals surface area contributed by atoms with Gasteiger partial charge in [-0.15, -0.1) is 0 Å². The second-order valence-electron chi connectivity index (χ2n) is 6.14. The van der Waals surface area contributed by atoms with Crippen LogP contribution in [0.2, 0.25) is 0 Å². The molecule has 1 aromatic heterocycles. The normalized spacial score (nSPS) is 16.5. The molecule has 0 aliphatic carbocycles. The highest BCUT2D eigenvalue weighted by Gasteiger charge is 2.25. The van der Waals surface area contributed by atoms with Gasteiger partial charge in [0, 0.05) is 32.6 Å². The van der Waals surface area contributed by atoms with Crippen LogP contribution < -0.4 is 5.32 Å². The predicted octanol–water partition coefficient (Wildman–Crippen LogP) is 3.13. The standard InChI is InChI=1S/C19H22FN3O2/c1-25-17-8-12-23(13-9-17)19(24)22-18(15-6-10-21-11-7-15)14-2-4-16(20)5-3-14/h2-7,10-11,17-18H,8-9,12-13H2,1H3,(H,22,24)/t18-/m1/s1. The van der Waals surface area contributed by atoms with Crippen LogP contribution in [0.15, 0.2) is 48.8 Å². The van der Waals surface area contributed by atoms with Crippen molar-refractivity contribution < 1.29 is 13.9 Å². The highest BCUT2D eigenvalue weighted by molar-refractivity contribution is 5.75. The van der Waals surface area contributed by atoms with Crippen LogP contribution >= 0.6 is 0 Å². The lowest BCUT2D eigenvalue weighted by molar-refractivity contribution is 0.0501. The van der Waals surface area contributed by atoms with E-state index in [9.17, 15) is 9.18 Å². The van der Waals surface area contributed by atoms with Crippen LogP contribution in [0.25, 0.3) is 0 Å². The van der Waals surface area contributed by atoms with Gasteiger partial charge >= 0.3 is 6.03 Å². The number of hydrogen-bond donors (Lipinski definition) is 1. The number of likely N-dealkylation sites (tertiary alicyclic amines) is 1. The Morgan fingerprint density at radius 2 is 1.76 bits per heavy atom. The summed E-state index contributed by atoms with van der Waals surface area (Å²) in [7, 11) is 1.70. The van der Waals surface area contributed by atoms with Crippen LogP contribution in [0.5, 0.6) is 0 Å². The first kappa shape index (κ1) is 17.4. The summed E-state index contributed by atoms with van der Waals surface area (Å²) in [4.78, 5) is 18.5. The van der Waals surface area contributed by atoms with E-state index in [1.807, 2.05) is 12.1 Å². The summed E-state index contributed by atoms with van der Waals surface area (Å²) in [6, 6.07) is 9.42. The number of urea groups is 1. The van der Waals surface area contributed by atoms with Gasteiger partial charge in [-0.05, 0) is 48.2 Å². The molecule has 0 unspecified atom stereocenters. The Labute approximate surface area is 146 Å². The quantitative estimate of drug-likeness (QED) is 0.928. The molecule has 1 atom stereocenters. The first-order valence-electron chi connectivity index (χ1n) is 8.41. The van der Waals surface area contributed by atoms with Crippen LogP contribution in [-0.2, 0) is 4.74 Å². The van der Waals surface area contributed by atoms with Crippen LogP contribution in [0.4, 0.5) is 9.18 Å². The van der Waals surface area contributed by atoms with Crippen molar-refractivity contribution >= 4 is 6.03 Å². The van der Waals surface area contributed by atoms with Gasteiger partial charge in [-0.25, -0.2) is 9.18 Å². The first-order chi connectivity index (χ1) is 12.2. The number of nitrogens with one attached hydrogen (secondary N) is 1. The van der Waals surface area contributed by atoms with Crippen LogP contribution in [0.1, 0.15) is 30.0 Å². The third-order valence-corrected chi connectivity index (χ3v) is 4.57. The molecule has 3 rings (SSSR count). The molecule has 1 aliphatic heterocycles. The summed E-state index contributed by atoms with van der Waals surface area (Å²) in [5, 5.41) is 3.07. The zero-order chi connectivity index (χ0) is 17.6. The Kier molecular flexibility index (Phi) is 5.60. The second-order valence-corrected chi connectivity index (χ2v) is 6.14. The maximum absolute atomic E-state index is 13.3. The highest BCUT2D eigenvalue weighted by Crippen LogP contribution is 2.23. The van der Waals surface area contributed by atoms with Gasteiger partial charge in [0.25, 0.3) is 0 Å². The first-order valence-corrected chi connectivity index (χ1v) is 8.41. The topological polar surface area (TPSA) is 54.5 Å². The van der Waals surface area contributed by atoms with Gasteiger partial charge in [-0.2, -0.15) is 0 Å². The molecule has 2 amide bonds. The van der Waals surface area contributed by atoms with Gasteiger partial charge in [0.05, 0.1) is 12.1 Å². The zero-order valence-corrected chi connectivity index (χ0v) is 14.2. The Balaban J connectivity index is 1.76. The lowest BCUT2D eigenvalue weighted by Crippen LogP contribution is -2.46. The van der Waals surface area contributed by atoms with E-state index in [2.05, 4.69) is 10.3 Å². The number of carbonyl (C=O) groups is 1. The largest absolute Gasteiger partial charge is 0.381 e. The summed E-state index contributed by atoms with van der Waals surface area (Å²) >= 11 is 0. The van der Waals surface area contributed by atoms with Crippen molar-refractivity contribution in [2.45, 2.75) is 25.0 Å². The number of methoxy groups -OCH3 is 1. The fraction of sp³-hybridized carbons (Fsp3) is 0.368. The van der Waals surface area contributed by atoms with E-state index < -0.39 is 0 Å². The monoisotopic (exact) mass is 343 g/mol. The van der Waals surface area contributed by atoms with Crippen molar-refractivity contribution in [2.75, 3.05) is 20.2 Å². The van der Waals surface area contributed by atoms with Crippen molar-refractivity contribution in [3.05, 3.63) is 65.7 Å². The minimum absolute atomic E-state index is 0.124. The molecule has 0 spiro atoms. The van der Waals surface area contributed by atoms with Crippen molar-refractivity contribution in [2.24, 2.45) is 0 Å². The number of ether oxygens (including phenoxy) is 1. The van der Waals surface area contributed by atoms with Gasteiger partial charge in [-0.1, -0.05) is 12.1 Å². The van der Waals surface area contributed by atoms with E-state index in [0.29, 0.717) is 13.1 Å². The van der Waals surface area contributed by atoms with Crippen LogP contribution in [-0.4, -0.2) is 42.2 Å². The smallest absolute Gasteiger partial charge is 0.318 e. The van der Waals surface area contributed by atoms with E-state index in [4.69, 9.17) is 4.74 Å². The Morgan fingerprint density at radius 3 is 2.36 bits per heavy atom. The number of carbonyl (C=O) groups excluding carboxylic acids is 1. The zero-order valence-electron chi connectivity index (χ0n) is 14.2. The van der Waals surface area contributed by atoms with Crippen LogP contribution in [0.3, 0.4) is 0 Å². The molecule has 0 bridgehead atoms. The summed E-state index contributed by atoms with van der Waals surface area (Å²) < 4.78 is 18.6. The van der Waals surface area contributed by atoms with Crippen molar-refractivity contribution in [3.63, 3.8) is 0 Å². The molecule has 2 aromatic rings. The van der Waals surface area contributed by atoms with E-state index in [1.165, 1.54) is 12.1 Å². The molecule has 1 fully saturated rings. The van der Waals surface area contributed by atoms with Crippen molar-refractivity contribution in [1.82, 2.24) is 15.2 Å². The van der Waals surface area contributed by atoms with Gasteiger partial charge in [0.1, 0.15) is 5.82 Å². The summed E-state index contributed by atoms with van der Waals surface area (Å²) in [5.74, 6) is -0.301. The second kappa shape index (κ2) is 8.07. The summed E-state index contributed by atoms with van der Waals surface area (Å²) in [5.41, 5.74) is 1.73. The van der Waals surface area contributed by atoms with Gasteiger partial charge in [-0.3, -0.25) is 4.98 Å². The molecule has 1 saturated heterocycles. The Hall–Kier alpha value is -2.47. The van der Waals surface area contributed by atoms with Crippen molar-refractivity contribution in [1.29, 1.82) is 0 Å². The fourth-order valence-electron chi connectivity index (χ4n) is 3.08. The maximum Gasteiger partial charge on any atom is 0.318 e. The number of nitrogens with zero attached hydrogens (tertiary/aromatic N) is 2. The van der Waals surface area contributed by atoms with Crippen LogP contribution in [0, 0.1) is 5.82 Å². The number of rotatable bonds is 4. The molecule has 1 aromatic carbocycles. The fourth-order valence-corrected chi connectivity index (χ4v) is 3.08. The molecule has 0 saturated carbocycles. The lowest BCUT2D eigenvalue weighted by atomic mass is 9.99. The molecular formula is C19H22FN3O2. The van der Waals surface area contributed by atoms with E-state index in [1.54, 1.807) is 36.5 Å².